The van der Waals surface area contributed by atoms with Gasteiger partial charge < -0.3 is 14.7 Å². The number of fused-ring (bicyclic) bond motifs is 3. The molecule has 4 aromatic carbocycles. The van der Waals surface area contributed by atoms with Gasteiger partial charge in [-0.1, -0.05) is 48.0 Å². The molecule has 54 heavy (non-hydrogen) atoms. The fourth-order valence-electron chi connectivity index (χ4n) is 8.17. The molecule has 10 nitrogen and oxygen atoms in total. The average molecular weight is 719 g/mol. The number of Topliss-reactive ketones (excluding diaryl/α,β-unsaturated/α-hetero) is 1. The molecule has 0 spiro atoms. The van der Waals surface area contributed by atoms with E-state index in [2.05, 4.69) is 10.2 Å². The quantitative estimate of drug-likeness (QED) is 0.0844. The highest BCUT2D eigenvalue weighted by Crippen LogP contribution is 2.56. The van der Waals surface area contributed by atoms with Crippen molar-refractivity contribution in [3.8, 4) is 11.5 Å². The van der Waals surface area contributed by atoms with E-state index >= 15 is 0 Å². The summed E-state index contributed by atoms with van der Waals surface area (Å²) >= 11 is 0. The lowest BCUT2D eigenvalue weighted by molar-refractivity contribution is -0.123. The molecule has 270 valence electrons. The Hall–Kier alpha value is -6.42. The van der Waals surface area contributed by atoms with Gasteiger partial charge in [0.05, 0.1) is 28.9 Å². The molecule has 4 unspecified atom stereocenters. The van der Waals surface area contributed by atoms with E-state index in [4.69, 9.17) is 4.74 Å². The number of phenols is 1. The number of hydrogen-bond acceptors (Lipinski definition) is 9. The summed E-state index contributed by atoms with van der Waals surface area (Å²) in [5.74, 6) is -3.55. The monoisotopic (exact) mass is 718 g/mol. The number of benzene rings is 4. The third-order valence-corrected chi connectivity index (χ3v) is 10.9. The topological polar surface area (TPSA) is 129 Å². The van der Waals surface area contributed by atoms with E-state index in [1.54, 1.807) is 43.3 Å². The van der Waals surface area contributed by atoms with Crippen LogP contribution in [0.25, 0.3) is 0 Å². The van der Waals surface area contributed by atoms with Crippen LogP contribution in [0.3, 0.4) is 0 Å². The summed E-state index contributed by atoms with van der Waals surface area (Å²) < 4.78 is 5.96. The minimum Gasteiger partial charge on any atom is -0.507 e. The van der Waals surface area contributed by atoms with Crippen LogP contribution in [-0.4, -0.2) is 42.6 Å². The first-order valence-electron chi connectivity index (χ1n) is 18.0. The zero-order valence-corrected chi connectivity index (χ0v) is 30.1. The van der Waals surface area contributed by atoms with Crippen molar-refractivity contribution in [1.29, 1.82) is 0 Å². The number of rotatable bonds is 8. The Morgan fingerprint density at radius 3 is 2.19 bits per heavy atom. The van der Waals surface area contributed by atoms with Crippen molar-refractivity contribution in [2.75, 3.05) is 23.9 Å². The van der Waals surface area contributed by atoms with Crippen molar-refractivity contribution < 1.29 is 29.0 Å². The van der Waals surface area contributed by atoms with Gasteiger partial charge in [0.2, 0.25) is 11.8 Å². The van der Waals surface area contributed by atoms with Crippen LogP contribution in [0.1, 0.15) is 36.8 Å². The molecule has 2 amide bonds. The highest BCUT2D eigenvalue weighted by molar-refractivity contribution is 6.25. The second-order valence-electron chi connectivity index (χ2n) is 14.4. The van der Waals surface area contributed by atoms with Gasteiger partial charge in [-0.05, 0) is 91.9 Å². The lowest BCUT2D eigenvalue weighted by atomic mass is 9.59. The number of azo groups is 1. The number of carbonyl (C=O) groups excluding carboxylic acids is 4. The maximum absolute atomic E-state index is 14.4. The van der Waals surface area contributed by atoms with Crippen LogP contribution in [-0.2, 0) is 25.8 Å². The van der Waals surface area contributed by atoms with Gasteiger partial charge in [0.1, 0.15) is 18.1 Å². The van der Waals surface area contributed by atoms with Gasteiger partial charge >= 0.3 is 0 Å². The molecule has 8 rings (SSSR count). The van der Waals surface area contributed by atoms with E-state index in [1.165, 1.54) is 17.0 Å². The second-order valence-corrected chi connectivity index (χ2v) is 14.4. The summed E-state index contributed by atoms with van der Waals surface area (Å²) in [7, 11) is 3.93. The van der Waals surface area contributed by atoms with Crippen LogP contribution in [0.5, 0.6) is 11.5 Å². The van der Waals surface area contributed by atoms with E-state index in [0.717, 1.165) is 16.8 Å². The maximum atomic E-state index is 14.4. The van der Waals surface area contributed by atoms with Crippen molar-refractivity contribution >= 4 is 46.1 Å². The Morgan fingerprint density at radius 1 is 0.833 bits per heavy atom. The van der Waals surface area contributed by atoms with Crippen molar-refractivity contribution in [2.24, 2.45) is 28.0 Å². The smallest absolute Gasteiger partial charge is 0.238 e. The van der Waals surface area contributed by atoms with Crippen molar-refractivity contribution in [3.63, 3.8) is 0 Å². The molecule has 0 saturated carbocycles. The SMILES string of the molecule is CC1=CC(=O)C2=C(C1=O)C(c1ccc(OCc3ccccc3)cc1O)C1=CCC3C(=O)N(c4ccc(N=Nc5ccc(N(C)C)cc5)cc4)C(=O)C3C1C2. The summed E-state index contributed by atoms with van der Waals surface area (Å²) in [6.07, 6.45) is 3.72. The second kappa shape index (κ2) is 13.9. The summed E-state index contributed by atoms with van der Waals surface area (Å²) in [5, 5.41) is 20.1. The number of hydrogen-bond donors (Lipinski definition) is 1. The predicted molar refractivity (Wildman–Crippen MR) is 204 cm³/mol. The Morgan fingerprint density at radius 2 is 1.52 bits per heavy atom. The standard InChI is InChI=1S/C44H38N4O6/c1-25-21-37(49)36-23-35-32(39(41(36)42(25)51)33-18-17-31(22-38(33)50)54-24-26-7-5-4-6-8-26)19-20-34-40(35)44(53)48(43(34)52)30-15-11-28(12-16-30)46-45-27-9-13-29(14-10-27)47(2)3/h4-19,21-22,34-35,39-40,50H,20,23-24H2,1-3H3. The summed E-state index contributed by atoms with van der Waals surface area (Å²) in [4.78, 5) is 59.0. The zero-order valence-electron chi connectivity index (χ0n) is 30.1. The number of phenolic OH excluding ortho intramolecular Hbond substituents is 1. The van der Waals surface area contributed by atoms with Gasteiger partial charge in [0.15, 0.2) is 11.6 Å². The first-order valence-corrected chi connectivity index (χ1v) is 18.0. The Bertz CT molecular complexity index is 2320. The minimum atomic E-state index is -0.774. The number of anilines is 2. The number of allylic oxidation sites excluding steroid dienone is 6. The van der Waals surface area contributed by atoms with E-state index in [0.29, 0.717) is 51.7 Å². The highest BCUT2D eigenvalue weighted by Gasteiger charge is 2.56. The van der Waals surface area contributed by atoms with Crippen LogP contribution in [0, 0.1) is 17.8 Å². The van der Waals surface area contributed by atoms with E-state index in [9.17, 15) is 24.3 Å². The molecule has 0 aromatic heterocycles. The number of amides is 2. The summed E-state index contributed by atoms with van der Waals surface area (Å²) in [6, 6.07) is 29.1. The van der Waals surface area contributed by atoms with Gasteiger partial charge in [0.25, 0.3) is 0 Å². The molecule has 1 saturated heterocycles. The number of ketones is 2. The van der Waals surface area contributed by atoms with Gasteiger partial charge in [-0.15, -0.1) is 0 Å². The molecule has 4 aliphatic rings. The molecular formula is C44H38N4O6. The van der Waals surface area contributed by atoms with Gasteiger partial charge in [-0.3, -0.25) is 24.1 Å². The molecule has 1 fully saturated rings. The van der Waals surface area contributed by atoms with Gasteiger partial charge in [-0.2, -0.15) is 10.2 Å². The van der Waals surface area contributed by atoms with Crippen LogP contribution in [0.15, 0.2) is 142 Å². The maximum Gasteiger partial charge on any atom is 0.238 e. The number of nitrogens with zero attached hydrogens (tertiary/aromatic N) is 4. The minimum absolute atomic E-state index is 0.0909. The van der Waals surface area contributed by atoms with Crippen LogP contribution < -0.4 is 14.5 Å². The molecule has 4 atom stereocenters. The summed E-state index contributed by atoms with van der Waals surface area (Å²) in [5.41, 5.74) is 5.85. The average Bonchev–Trinajstić information content (AvgIpc) is 3.44. The molecular weight excluding hydrogens is 681 g/mol. The van der Waals surface area contributed by atoms with Gasteiger partial charge in [0, 0.05) is 54.0 Å². The van der Waals surface area contributed by atoms with E-state index in [1.807, 2.05) is 79.7 Å². The number of aromatic hydroxyl groups is 1. The number of imide groups is 1. The Balaban J connectivity index is 1.08. The molecule has 0 bridgehead atoms. The molecule has 1 heterocycles. The molecule has 3 aliphatic carbocycles. The number of ether oxygens (including phenoxy) is 1. The van der Waals surface area contributed by atoms with Crippen LogP contribution in [0.4, 0.5) is 22.7 Å². The van der Waals surface area contributed by atoms with Gasteiger partial charge in [-0.25, -0.2) is 0 Å². The van der Waals surface area contributed by atoms with Crippen molar-refractivity contribution in [2.45, 2.75) is 32.3 Å². The summed E-state index contributed by atoms with van der Waals surface area (Å²) in [6.45, 7) is 1.92. The molecule has 1 N–H and O–H groups in total. The Kier molecular flexibility index (Phi) is 8.89. The molecule has 4 aromatic rings. The molecule has 0 radical (unpaired) electrons. The van der Waals surface area contributed by atoms with Crippen LogP contribution in [0.2, 0.25) is 0 Å². The number of carbonyl (C=O) groups is 4. The normalized spacial score (nSPS) is 22.2. The zero-order chi connectivity index (χ0) is 37.7. The molecule has 10 heteroatoms. The fourth-order valence-corrected chi connectivity index (χ4v) is 8.17. The largest absolute Gasteiger partial charge is 0.507 e. The van der Waals surface area contributed by atoms with Crippen molar-refractivity contribution in [3.05, 3.63) is 143 Å². The lowest BCUT2D eigenvalue weighted by Crippen LogP contribution is -2.39. The third-order valence-electron chi connectivity index (χ3n) is 10.9. The Labute approximate surface area is 312 Å². The third kappa shape index (κ3) is 6.13. The highest BCUT2D eigenvalue weighted by atomic mass is 16.5. The first kappa shape index (κ1) is 34.7. The van der Waals surface area contributed by atoms with Crippen molar-refractivity contribution in [1.82, 2.24) is 0 Å². The first-order chi connectivity index (χ1) is 26.1. The van der Waals surface area contributed by atoms with E-state index < -0.39 is 23.7 Å². The molecule has 1 aliphatic heterocycles. The van der Waals surface area contributed by atoms with E-state index in [-0.39, 0.29) is 42.0 Å². The lowest BCUT2D eigenvalue weighted by Gasteiger charge is -2.42. The fraction of sp³-hybridized carbons (Fsp3) is 0.227. The van der Waals surface area contributed by atoms with Crippen LogP contribution >= 0.6 is 0 Å². The predicted octanol–water partition coefficient (Wildman–Crippen LogP) is 8.09.